The molecule has 1 saturated carbocycles. The Hall–Kier alpha value is -0.610. The molecule has 0 spiro atoms. The number of carbonyl (C=O) groups excluding carboxylic acids is 1. The highest BCUT2D eigenvalue weighted by Gasteiger charge is 2.47. The largest absolute Gasteiger partial charge is 0.368 e. The summed E-state index contributed by atoms with van der Waals surface area (Å²) >= 11 is 0. The molecule has 0 bridgehead atoms. The van der Waals surface area contributed by atoms with Crippen molar-refractivity contribution in [1.82, 2.24) is 10.2 Å². The van der Waals surface area contributed by atoms with Crippen LogP contribution in [0.2, 0.25) is 0 Å². The normalized spacial score (nSPS) is 34.5. The minimum Gasteiger partial charge on any atom is -0.368 e. The quantitative estimate of drug-likeness (QED) is 0.790. The van der Waals surface area contributed by atoms with Crippen molar-refractivity contribution >= 4 is 5.91 Å². The molecule has 4 heteroatoms. The number of carbonyl (C=O) groups is 1. The lowest BCUT2D eigenvalue weighted by atomic mass is 9.83. The first-order valence-electron chi connectivity index (χ1n) is 8.77. The molecule has 0 aromatic heterocycles. The third-order valence-corrected chi connectivity index (χ3v) is 5.51. The standard InChI is InChI=1S/C17H33N3O/c1-13(2)19-17(16(18)21)10-6-8-15(17)9-12-20-11-5-4-7-14(20)3/h13-15,19H,4-12H2,1-3H3,(H2,18,21). The zero-order valence-corrected chi connectivity index (χ0v) is 14.0. The Morgan fingerprint density at radius 2 is 2.10 bits per heavy atom. The molecule has 3 atom stereocenters. The van der Waals surface area contributed by atoms with Crippen molar-refractivity contribution in [2.24, 2.45) is 11.7 Å². The van der Waals surface area contributed by atoms with Crippen LogP contribution in [0.4, 0.5) is 0 Å². The van der Waals surface area contributed by atoms with E-state index in [0.29, 0.717) is 18.0 Å². The Balaban J connectivity index is 1.98. The Kier molecular flexibility index (Phi) is 5.67. The Morgan fingerprint density at radius 1 is 1.33 bits per heavy atom. The fraction of sp³-hybridized carbons (Fsp3) is 0.941. The molecule has 122 valence electrons. The fourth-order valence-electron chi connectivity index (χ4n) is 4.38. The number of rotatable bonds is 6. The first-order chi connectivity index (χ1) is 9.95. The second kappa shape index (κ2) is 7.10. The summed E-state index contributed by atoms with van der Waals surface area (Å²) in [6.45, 7) is 8.87. The molecule has 1 heterocycles. The fourth-order valence-corrected chi connectivity index (χ4v) is 4.38. The van der Waals surface area contributed by atoms with Crippen LogP contribution >= 0.6 is 0 Å². The van der Waals surface area contributed by atoms with Crippen molar-refractivity contribution in [3.8, 4) is 0 Å². The van der Waals surface area contributed by atoms with Crippen LogP contribution < -0.4 is 11.1 Å². The van der Waals surface area contributed by atoms with Crippen molar-refractivity contribution in [3.63, 3.8) is 0 Å². The molecule has 3 unspecified atom stereocenters. The summed E-state index contributed by atoms with van der Waals surface area (Å²) < 4.78 is 0. The predicted octanol–water partition coefficient (Wildman–Crippen LogP) is 2.27. The molecule has 4 nitrogen and oxygen atoms in total. The van der Waals surface area contributed by atoms with Crippen molar-refractivity contribution in [2.75, 3.05) is 13.1 Å². The third-order valence-electron chi connectivity index (χ3n) is 5.51. The third kappa shape index (κ3) is 3.78. The van der Waals surface area contributed by atoms with Crippen LogP contribution in [-0.2, 0) is 4.79 Å². The van der Waals surface area contributed by atoms with E-state index in [1.54, 1.807) is 0 Å². The van der Waals surface area contributed by atoms with Crippen LogP contribution in [0.1, 0.15) is 65.7 Å². The van der Waals surface area contributed by atoms with Gasteiger partial charge < -0.3 is 16.0 Å². The van der Waals surface area contributed by atoms with Gasteiger partial charge in [0.1, 0.15) is 5.54 Å². The highest BCUT2D eigenvalue weighted by Crippen LogP contribution is 2.38. The molecule has 2 aliphatic rings. The zero-order valence-electron chi connectivity index (χ0n) is 14.0. The summed E-state index contributed by atoms with van der Waals surface area (Å²) in [6, 6.07) is 0.994. The summed E-state index contributed by atoms with van der Waals surface area (Å²) in [4.78, 5) is 14.7. The molecule has 3 N–H and O–H groups in total. The second-order valence-corrected chi connectivity index (χ2v) is 7.39. The van der Waals surface area contributed by atoms with Crippen molar-refractivity contribution in [1.29, 1.82) is 0 Å². The number of nitrogens with two attached hydrogens (primary N) is 1. The molecular formula is C17H33N3O. The molecule has 0 aromatic rings. The number of primary amides is 1. The zero-order chi connectivity index (χ0) is 15.5. The van der Waals surface area contributed by atoms with E-state index in [2.05, 4.69) is 31.0 Å². The molecule has 0 radical (unpaired) electrons. The number of likely N-dealkylation sites (tertiary alicyclic amines) is 1. The van der Waals surface area contributed by atoms with E-state index in [0.717, 1.165) is 32.2 Å². The van der Waals surface area contributed by atoms with Crippen LogP contribution in [0.3, 0.4) is 0 Å². The molecule has 0 aromatic carbocycles. The van der Waals surface area contributed by atoms with Crippen molar-refractivity contribution in [2.45, 2.75) is 83.3 Å². The van der Waals surface area contributed by atoms with E-state index in [-0.39, 0.29) is 5.91 Å². The van der Waals surface area contributed by atoms with Gasteiger partial charge in [-0.1, -0.05) is 12.8 Å². The average Bonchev–Trinajstić information content (AvgIpc) is 2.81. The van der Waals surface area contributed by atoms with E-state index in [1.165, 1.54) is 25.8 Å². The Bertz CT molecular complexity index is 358. The van der Waals surface area contributed by atoms with Crippen molar-refractivity contribution in [3.05, 3.63) is 0 Å². The van der Waals surface area contributed by atoms with Gasteiger partial charge in [0.2, 0.25) is 5.91 Å². The van der Waals surface area contributed by atoms with E-state index < -0.39 is 5.54 Å². The van der Waals surface area contributed by atoms with Gasteiger partial charge in [-0.2, -0.15) is 0 Å². The van der Waals surface area contributed by atoms with Crippen LogP contribution in [0.5, 0.6) is 0 Å². The smallest absolute Gasteiger partial charge is 0.238 e. The lowest BCUT2D eigenvalue weighted by molar-refractivity contribution is -0.126. The molecule has 1 saturated heterocycles. The minimum absolute atomic E-state index is 0.148. The molecule has 21 heavy (non-hydrogen) atoms. The minimum atomic E-state index is -0.465. The SMILES string of the molecule is CC(C)NC1(C(N)=O)CCCC1CCN1CCCCC1C. The van der Waals surface area contributed by atoms with Crippen LogP contribution in [0.25, 0.3) is 0 Å². The van der Waals surface area contributed by atoms with Crippen LogP contribution in [0, 0.1) is 5.92 Å². The second-order valence-electron chi connectivity index (χ2n) is 7.39. The summed E-state index contributed by atoms with van der Waals surface area (Å²) in [5.74, 6) is 0.247. The maximum Gasteiger partial charge on any atom is 0.238 e. The van der Waals surface area contributed by atoms with Gasteiger partial charge in [-0.05, 0) is 71.9 Å². The van der Waals surface area contributed by atoms with E-state index >= 15 is 0 Å². The van der Waals surface area contributed by atoms with Crippen LogP contribution in [0.15, 0.2) is 0 Å². The van der Waals surface area contributed by atoms with Crippen molar-refractivity contribution < 1.29 is 4.79 Å². The van der Waals surface area contributed by atoms with E-state index in [1.807, 2.05) is 0 Å². The first-order valence-corrected chi connectivity index (χ1v) is 8.77. The number of nitrogens with one attached hydrogen (secondary N) is 1. The van der Waals surface area contributed by atoms with Gasteiger partial charge in [0.15, 0.2) is 0 Å². The Labute approximate surface area is 129 Å². The maximum absolute atomic E-state index is 12.1. The highest BCUT2D eigenvalue weighted by molar-refractivity contribution is 5.85. The monoisotopic (exact) mass is 295 g/mol. The highest BCUT2D eigenvalue weighted by atomic mass is 16.1. The number of hydrogen-bond donors (Lipinski definition) is 2. The summed E-state index contributed by atoms with van der Waals surface area (Å²) in [5, 5.41) is 3.51. The van der Waals surface area contributed by atoms with Gasteiger partial charge in [0.25, 0.3) is 0 Å². The molecular weight excluding hydrogens is 262 g/mol. The molecule has 1 aliphatic carbocycles. The van der Waals surface area contributed by atoms with Gasteiger partial charge in [-0.15, -0.1) is 0 Å². The maximum atomic E-state index is 12.1. The molecule has 1 aliphatic heterocycles. The van der Waals surface area contributed by atoms with E-state index in [4.69, 9.17) is 5.73 Å². The number of amides is 1. The molecule has 1 amide bonds. The summed E-state index contributed by atoms with van der Waals surface area (Å²) in [7, 11) is 0. The van der Waals surface area contributed by atoms with Gasteiger partial charge >= 0.3 is 0 Å². The lowest BCUT2D eigenvalue weighted by Crippen LogP contribution is -2.60. The topological polar surface area (TPSA) is 58.4 Å². The predicted molar refractivity (Wildman–Crippen MR) is 87.0 cm³/mol. The number of hydrogen-bond acceptors (Lipinski definition) is 3. The average molecular weight is 295 g/mol. The summed E-state index contributed by atoms with van der Waals surface area (Å²) in [6.07, 6.45) is 8.23. The molecule has 2 rings (SSSR count). The van der Waals surface area contributed by atoms with Crippen LogP contribution in [-0.4, -0.2) is 41.5 Å². The first kappa shape index (κ1) is 16.8. The van der Waals surface area contributed by atoms with E-state index in [9.17, 15) is 4.79 Å². The molecule has 2 fully saturated rings. The number of nitrogens with zero attached hydrogens (tertiary/aromatic N) is 1. The van der Waals surface area contributed by atoms with Gasteiger partial charge in [-0.25, -0.2) is 0 Å². The number of piperidine rings is 1. The summed E-state index contributed by atoms with van der Waals surface area (Å²) in [5.41, 5.74) is 5.33. The Morgan fingerprint density at radius 3 is 2.71 bits per heavy atom. The van der Waals surface area contributed by atoms with Gasteiger partial charge in [-0.3, -0.25) is 4.79 Å². The lowest BCUT2D eigenvalue weighted by Gasteiger charge is -2.38. The van der Waals surface area contributed by atoms with Gasteiger partial charge in [0, 0.05) is 12.1 Å². The van der Waals surface area contributed by atoms with Gasteiger partial charge in [0.05, 0.1) is 0 Å².